The Morgan fingerprint density at radius 3 is 2.57 bits per heavy atom. The lowest BCUT2D eigenvalue weighted by atomic mass is 9.63. The Morgan fingerprint density at radius 1 is 1.26 bits per heavy atom. The highest BCUT2D eigenvalue weighted by Crippen LogP contribution is 2.47. The van der Waals surface area contributed by atoms with E-state index in [1.54, 1.807) is 4.90 Å². The zero-order valence-corrected chi connectivity index (χ0v) is 13.4. The zero-order valence-electron chi connectivity index (χ0n) is 13.4. The maximum atomic E-state index is 14.3. The number of piperidine rings is 1. The SMILES string of the molecule is CC1(CO)CCCN(C(=O)C2(c3ccc(F)cc3F)CCC2)C1. The molecule has 126 valence electrons. The van der Waals surface area contributed by atoms with E-state index >= 15 is 0 Å². The van der Waals surface area contributed by atoms with Gasteiger partial charge in [-0.1, -0.05) is 19.4 Å². The number of aliphatic hydroxyl groups is 1. The van der Waals surface area contributed by atoms with Gasteiger partial charge >= 0.3 is 0 Å². The van der Waals surface area contributed by atoms with E-state index in [0.717, 1.165) is 25.3 Å². The van der Waals surface area contributed by atoms with E-state index < -0.39 is 17.0 Å². The first-order chi connectivity index (χ1) is 10.9. The number of likely N-dealkylation sites (tertiary alicyclic amines) is 1. The maximum absolute atomic E-state index is 14.3. The Morgan fingerprint density at radius 2 is 2.00 bits per heavy atom. The van der Waals surface area contributed by atoms with E-state index in [1.165, 1.54) is 12.1 Å². The fraction of sp³-hybridized carbons (Fsp3) is 0.611. The smallest absolute Gasteiger partial charge is 0.233 e. The van der Waals surface area contributed by atoms with Gasteiger partial charge in [0.1, 0.15) is 11.6 Å². The first-order valence-corrected chi connectivity index (χ1v) is 8.26. The molecule has 1 aromatic rings. The first-order valence-electron chi connectivity index (χ1n) is 8.26. The lowest BCUT2D eigenvalue weighted by molar-refractivity contribution is -0.145. The van der Waals surface area contributed by atoms with Crippen LogP contribution in [0.2, 0.25) is 0 Å². The molecular weight excluding hydrogens is 300 g/mol. The van der Waals surface area contributed by atoms with Gasteiger partial charge in [0, 0.05) is 30.1 Å². The molecule has 23 heavy (non-hydrogen) atoms. The molecule has 1 saturated heterocycles. The van der Waals surface area contributed by atoms with Crippen LogP contribution in [0.4, 0.5) is 8.78 Å². The molecule has 1 saturated carbocycles. The van der Waals surface area contributed by atoms with Crippen molar-refractivity contribution in [1.29, 1.82) is 0 Å². The molecule has 0 spiro atoms. The number of hydrogen-bond acceptors (Lipinski definition) is 2. The van der Waals surface area contributed by atoms with Crippen LogP contribution in [0.5, 0.6) is 0 Å². The molecule has 0 radical (unpaired) electrons. The molecule has 1 aliphatic heterocycles. The molecule has 3 nitrogen and oxygen atoms in total. The van der Waals surface area contributed by atoms with Crippen molar-refractivity contribution in [1.82, 2.24) is 4.90 Å². The molecule has 3 rings (SSSR count). The summed E-state index contributed by atoms with van der Waals surface area (Å²) in [6.07, 6.45) is 3.78. The van der Waals surface area contributed by atoms with E-state index in [1.807, 2.05) is 6.92 Å². The van der Waals surface area contributed by atoms with Crippen molar-refractivity contribution >= 4 is 5.91 Å². The van der Waals surface area contributed by atoms with Crippen LogP contribution in [0.3, 0.4) is 0 Å². The van der Waals surface area contributed by atoms with Gasteiger partial charge in [-0.2, -0.15) is 0 Å². The molecule has 1 unspecified atom stereocenters. The van der Waals surface area contributed by atoms with Crippen molar-refractivity contribution < 1.29 is 18.7 Å². The first kappa shape index (κ1) is 16.4. The van der Waals surface area contributed by atoms with Gasteiger partial charge in [-0.3, -0.25) is 4.79 Å². The highest BCUT2D eigenvalue weighted by molar-refractivity contribution is 5.89. The molecule has 1 N–H and O–H groups in total. The zero-order chi connectivity index (χ0) is 16.7. The largest absolute Gasteiger partial charge is 0.396 e. The van der Waals surface area contributed by atoms with E-state index in [2.05, 4.69) is 0 Å². The van der Waals surface area contributed by atoms with Gasteiger partial charge in [0.25, 0.3) is 0 Å². The summed E-state index contributed by atoms with van der Waals surface area (Å²) >= 11 is 0. The Bertz CT molecular complexity index is 615. The molecule has 1 aliphatic carbocycles. The highest BCUT2D eigenvalue weighted by atomic mass is 19.1. The summed E-state index contributed by atoms with van der Waals surface area (Å²) in [5.41, 5.74) is -0.836. The van der Waals surface area contributed by atoms with E-state index in [0.29, 0.717) is 31.5 Å². The Labute approximate surface area is 135 Å². The summed E-state index contributed by atoms with van der Waals surface area (Å²) < 4.78 is 27.5. The third kappa shape index (κ3) is 2.75. The molecule has 0 bridgehead atoms. The minimum absolute atomic E-state index is 0.0364. The number of hydrogen-bond donors (Lipinski definition) is 1. The summed E-state index contributed by atoms with van der Waals surface area (Å²) in [4.78, 5) is 14.9. The minimum atomic E-state index is -0.856. The Kier molecular flexibility index (Phi) is 4.17. The summed E-state index contributed by atoms with van der Waals surface area (Å²) in [5, 5.41) is 9.58. The van der Waals surface area contributed by atoms with Crippen LogP contribution in [0.1, 0.15) is 44.6 Å². The van der Waals surface area contributed by atoms with Gasteiger partial charge in [-0.25, -0.2) is 8.78 Å². The summed E-state index contributed by atoms with van der Waals surface area (Å²) in [7, 11) is 0. The van der Waals surface area contributed by atoms with Crippen LogP contribution in [0.15, 0.2) is 18.2 Å². The van der Waals surface area contributed by atoms with Crippen LogP contribution < -0.4 is 0 Å². The van der Waals surface area contributed by atoms with Crippen LogP contribution in [0.25, 0.3) is 0 Å². The number of rotatable bonds is 3. The lowest BCUT2D eigenvalue weighted by Gasteiger charge is -2.47. The Hall–Kier alpha value is -1.49. The minimum Gasteiger partial charge on any atom is -0.396 e. The van der Waals surface area contributed by atoms with Crippen LogP contribution in [-0.4, -0.2) is 35.6 Å². The van der Waals surface area contributed by atoms with E-state index in [4.69, 9.17) is 0 Å². The summed E-state index contributed by atoms with van der Waals surface area (Å²) in [5.74, 6) is -1.34. The second-order valence-electron chi connectivity index (χ2n) is 7.36. The van der Waals surface area contributed by atoms with Crippen molar-refractivity contribution in [2.24, 2.45) is 5.41 Å². The standard InChI is InChI=1S/C18H23F2NO2/c1-17(12-22)6-3-9-21(11-17)16(23)18(7-2-8-18)14-5-4-13(19)10-15(14)20/h4-5,10,22H,2-3,6-9,11-12H2,1H3. The van der Waals surface area contributed by atoms with Gasteiger partial charge in [-0.15, -0.1) is 0 Å². The number of carbonyl (C=O) groups is 1. The van der Waals surface area contributed by atoms with Crippen molar-refractivity contribution in [2.75, 3.05) is 19.7 Å². The predicted octanol–water partition coefficient (Wildman–Crippen LogP) is 3.01. The van der Waals surface area contributed by atoms with Crippen LogP contribution >= 0.6 is 0 Å². The molecule has 2 fully saturated rings. The lowest BCUT2D eigenvalue weighted by Crippen LogP contribution is -2.56. The van der Waals surface area contributed by atoms with Gasteiger partial charge in [-0.05, 0) is 31.7 Å². The highest BCUT2D eigenvalue weighted by Gasteiger charge is 2.50. The molecule has 1 atom stereocenters. The van der Waals surface area contributed by atoms with Gasteiger partial charge < -0.3 is 10.0 Å². The van der Waals surface area contributed by atoms with Gasteiger partial charge in [0.05, 0.1) is 12.0 Å². The number of nitrogens with zero attached hydrogens (tertiary/aromatic N) is 1. The third-order valence-electron chi connectivity index (χ3n) is 5.51. The van der Waals surface area contributed by atoms with E-state index in [9.17, 15) is 18.7 Å². The predicted molar refractivity (Wildman–Crippen MR) is 82.9 cm³/mol. The quantitative estimate of drug-likeness (QED) is 0.929. The maximum Gasteiger partial charge on any atom is 0.233 e. The van der Waals surface area contributed by atoms with Crippen molar-refractivity contribution in [3.05, 3.63) is 35.4 Å². The summed E-state index contributed by atoms with van der Waals surface area (Å²) in [6, 6.07) is 3.49. The van der Waals surface area contributed by atoms with Gasteiger partial charge in [0.2, 0.25) is 5.91 Å². The van der Waals surface area contributed by atoms with Crippen molar-refractivity contribution in [3.63, 3.8) is 0 Å². The number of carbonyl (C=O) groups excluding carboxylic acids is 1. The molecule has 5 heteroatoms. The van der Waals surface area contributed by atoms with Crippen molar-refractivity contribution in [3.8, 4) is 0 Å². The van der Waals surface area contributed by atoms with E-state index in [-0.39, 0.29) is 17.9 Å². The van der Waals surface area contributed by atoms with Crippen LogP contribution in [0, 0.1) is 17.0 Å². The van der Waals surface area contributed by atoms with Crippen LogP contribution in [-0.2, 0) is 10.2 Å². The van der Waals surface area contributed by atoms with Crippen molar-refractivity contribution in [2.45, 2.75) is 44.4 Å². The third-order valence-corrected chi connectivity index (χ3v) is 5.51. The second kappa shape index (κ2) is 5.86. The van der Waals surface area contributed by atoms with Gasteiger partial charge in [0.15, 0.2) is 0 Å². The number of aliphatic hydroxyl groups excluding tert-OH is 1. The molecule has 0 aromatic heterocycles. The average molecular weight is 323 g/mol. The molecule has 1 heterocycles. The Balaban J connectivity index is 1.89. The fourth-order valence-corrected chi connectivity index (χ4v) is 3.93. The molecular formula is C18H23F2NO2. The summed E-state index contributed by atoms with van der Waals surface area (Å²) in [6.45, 7) is 3.14. The number of amides is 1. The number of benzene rings is 1. The fourth-order valence-electron chi connectivity index (χ4n) is 3.93. The number of halogens is 2. The second-order valence-corrected chi connectivity index (χ2v) is 7.36. The normalized spacial score (nSPS) is 26.7. The molecule has 2 aliphatic rings. The topological polar surface area (TPSA) is 40.5 Å². The molecule has 1 aromatic carbocycles. The monoisotopic (exact) mass is 323 g/mol. The molecule has 1 amide bonds. The average Bonchev–Trinajstić information content (AvgIpc) is 2.48.